The SMILES string of the molecule is NCc1ccccc1CC(=O)Nc1cc(Br)ccc1Br. The van der Waals surface area contributed by atoms with Crippen LogP contribution in [-0.4, -0.2) is 5.91 Å². The summed E-state index contributed by atoms with van der Waals surface area (Å²) in [6, 6.07) is 13.4. The first kappa shape index (κ1) is 15.2. The van der Waals surface area contributed by atoms with Crippen molar-refractivity contribution in [3.63, 3.8) is 0 Å². The second-order valence-corrected chi connectivity index (χ2v) is 6.09. The first-order valence-corrected chi connectivity index (χ1v) is 7.70. The Hall–Kier alpha value is -1.17. The minimum Gasteiger partial charge on any atom is -0.326 e. The van der Waals surface area contributed by atoms with Crippen LogP contribution in [0.3, 0.4) is 0 Å². The summed E-state index contributed by atoms with van der Waals surface area (Å²) in [5, 5.41) is 2.89. The zero-order valence-electron chi connectivity index (χ0n) is 10.7. The molecule has 0 aliphatic heterocycles. The van der Waals surface area contributed by atoms with Gasteiger partial charge in [-0.3, -0.25) is 4.79 Å². The van der Waals surface area contributed by atoms with Gasteiger partial charge in [-0.05, 0) is 45.3 Å². The molecule has 0 aliphatic rings. The molecule has 0 saturated heterocycles. The summed E-state index contributed by atoms with van der Waals surface area (Å²) < 4.78 is 1.76. The van der Waals surface area contributed by atoms with E-state index in [-0.39, 0.29) is 5.91 Å². The number of anilines is 1. The van der Waals surface area contributed by atoms with E-state index in [4.69, 9.17) is 5.73 Å². The molecule has 0 aliphatic carbocycles. The van der Waals surface area contributed by atoms with Gasteiger partial charge in [0.1, 0.15) is 0 Å². The molecule has 20 heavy (non-hydrogen) atoms. The number of amides is 1. The maximum atomic E-state index is 12.1. The highest BCUT2D eigenvalue weighted by molar-refractivity contribution is 9.11. The lowest BCUT2D eigenvalue weighted by Gasteiger charge is -2.10. The van der Waals surface area contributed by atoms with Gasteiger partial charge in [-0.2, -0.15) is 0 Å². The molecule has 0 saturated carbocycles. The highest BCUT2D eigenvalue weighted by Gasteiger charge is 2.09. The van der Waals surface area contributed by atoms with Crippen LogP contribution in [0.5, 0.6) is 0 Å². The van der Waals surface area contributed by atoms with Crippen LogP contribution in [0.4, 0.5) is 5.69 Å². The number of nitrogens with two attached hydrogens (primary N) is 1. The molecule has 5 heteroatoms. The van der Waals surface area contributed by atoms with Crippen molar-refractivity contribution in [3.8, 4) is 0 Å². The predicted octanol–water partition coefficient (Wildman–Crippen LogP) is 3.85. The highest BCUT2D eigenvalue weighted by Crippen LogP contribution is 2.26. The molecule has 0 aromatic heterocycles. The van der Waals surface area contributed by atoms with Crippen LogP contribution < -0.4 is 11.1 Å². The number of benzene rings is 2. The Kier molecular flexibility index (Phi) is 5.34. The summed E-state index contributed by atoms with van der Waals surface area (Å²) in [7, 11) is 0. The molecule has 0 radical (unpaired) electrons. The maximum absolute atomic E-state index is 12.1. The second kappa shape index (κ2) is 7.02. The molecule has 104 valence electrons. The van der Waals surface area contributed by atoms with Gasteiger partial charge in [0.15, 0.2) is 0 Å². The Balaban J connectivity index is 2.11. The second-order valence-electron chi connectivity index (χ2n) is 4.32. The molecule has 0 bridgehead atoms. The first-order valence-electron chi connectivity index (χ1n) is 6.12. The van der Waals surface area contributed by atoms with Gasteiger partial charge < -0.3 is 11.1 Å². The lowest BCUT2D eigenvalue weighted by atomic mass is 10.0. The summed E-state index contributed by atoms with van der Waals surface area (Å²) in [6.45, 7) is 0.435. The average molecular weight is 398 g/mol. The number of carbonyl (C=O) groups excluding carboxylic acids is 1. The number of carbonyl (C=O) groups is 1. The molecule has 0 atom stereocenters. The number of nitrogens with one attached hydrogen (secondary N) is 1. The maximum Gasteiger partial charge on any atom is 0.228 e. The molecule has 0 fully saturated rings. The Morgan fingerprint density at radius 2 is 1.80 bits per heavy atom. The van der Waals surface area contributed by atoms with Crippen LogP contribution in [0, 0.1) is 0 Å². The molecule has 1 amide bonds. The fourth-order valence-electron chi connectivity index (χ4n) is 1.89. The highest BCUT2D eigenvalue weighted by atomic mass is 79.9. The van der Waals surface area contributed by atoms with E-state index >= 15 is 0 Å². The van der Waals surface area contributed by atoms with Crippen molar-refractivity contribution in [3.05, 3.63) is 62.5 Å². The minimum absolute atomic E-state index is 0.0651. The number of hydrogen-bond acceptors (Lipinski definition) is 2. The molecule has 2 aromatic carbocycles. The number of halogens is 2. The normalized spacial score (nSPS) is 10.3. The third-order valence-electron chi connectivity index (χ3n) is 2.89. The van der Waals surface area contributed by atoms with Crippen molar-refractivity contribution in [1.29, 1.82) is 0 Å². The van der Waals surface area contributed by atoms with Crippen molar-refractivity contribution in [2.75, 3.05) is 5.32 Å². The molecule has 3 nitrogen and oxygen atoms in total. The topological polar surface area (TPSA) is 55.1 Å². The fourth-order valence-corrected chi connectivity index (χ4v) is 2.60. The zero-order chi connectivity index (χ0) is 14.5. The standard InChI is InChI=1S/C15H14Br2N2O/c16-12-5-6-13(17)14(8-12)19-15(20)7-10-3-1-2-4-11(10)9-18/h1-6,8H,7,9,18H2,(H,19,20). The van der Waals surface area contributed by atoms with Gasteiger partial charge in [-0.15, -0.1) is 0 Å². The molecular formula is C15H14Br2N2O. The van der Waals surface area contributed by atoms with E-state index in [0.717, 1.165) is 25.8 Å². The van der Waals surface area contributed by atoms with Crippen LogP contribution in [0.15, 0.2) is 51.4 Å². The van der Waals surface area contributed by atoms with Crippen LogP contribution in [0.2, 0.25) is 0 Å². The lowest BCUT2D eigenvalue weighted by Crippen LogP contribution is -2.16. The summed E-state index contributed by atoms with van der Waals surface area (Å²) in [4.78, 5) is 12.1. The third kappa shape index (κ3) is 3.91. The van der Waals surface area contributed by atoms with E-state index in [1.807, 2.05) is 42.5 Å². The van der Waals surface area contributed by atoms with Gasteiger partial charge in [0, 0.05) is 15.5 Å². The van der Waals surface area contributed by atoms with Gasteiger partial charge in [0.05, 0.1) is 12.1 Å². The largest absolute Gasteiger partial charge is 0.326 e. The molecule has 2 aromatic rings. The summed E-state index contributed by atoms with van der Waals surface area (Å²) in [6.07, 6.45) is 0.312. The van der Waals surface area contributed by atoms with Crippen molar-refractivity contribution in [2.45, 2.75) is 13.0 Å². The van der Waals surface area contributed by atoms with E-state index in [1.54, 1.807) is 0 Å². The Bertz CT molecular complexity index is 629. The van der Waals surface area contributed by atoms with Crippen LogP contribution >= 0.6 is 31.9 Å². The number of hydrogen-bond donors (Lipinski definition) is 2. The van der Waals surface area contributed by atoms with Gasteiger partial charge >= 0.3 is 0 Å². The van der Waals surface area contributed by atoms with E-state index in [9.17, 15) is 4.79 Å². The van der Waals surface area contributed by atoms with E-state index in [0.29, 0.717) is 13.0 Å². The summed E-state index contributed by atoms with van der Waals surface area (Å²) in [5.41, 5.74) is 8.38. The van der Waals surface area contributed by atoms with E-state index in [1.165, 1.54) is 0 Å². The molecule has 3 N–H and O–H groups in total. The monoisotopic (exact) mass is 396 g/mol. The predicted molar refractivity (Wildman–Crippen MR) is 88.5 cm³/mol. The van der Waals surface area contributed by atoms with E-state index < -0.39 is 0 Å². The molecule has 0 spiro atoms. The lowest BCUT2D eigenvalue weighted by molar-refractivity contribution is -0.115. The minimum atomic E-state index is -0.0651. The Morgan fingerprint density at radius 3 is 2.50 bits per heavy atom. The van der Waals surface area contributed by atoms with Gasteiger partial charge in [0.25, 0.3) is 0 Å². The Labute approximate surface area is 134 Å². The quantitative estimate of drug-likeness (QED) is 0.823. The van der Waals surface area contributed by atoms with Crippen molar-refractivity contribution in [1.82, 2.24) is 0 Å². The van der Waals surface area contributed by atoms with Crippen molar-refractivity contribution >= 4 is 43.5 Å². The van der Waals surface area contributed by atoms with Gasteiger partial charge in [0.2, 0.25) is 5.91 Å². The van der Waals surface area contributed by atoms with E-state index in [2.05, 4.69) is 37.2 Å². The number of rotatable bonds is 4. The Morgan fingerprint density at radius 1 is 1.10 bits per heavy atom. The summed E-state index contributed by atoms with van der Waals surface area (Å²) in [5.74, 6) is -0.0651. The van der Waals surface area contributed by atoms with Crippen LogP contribution in [0.1, 0.15) is 11.1 Å². The third-order valence-corrected chi connectivity index (χ3v) is 4.08. The smallest absolute Gasteiger partial charge is 0.228 e. The van der Waals surface area contributed by atoms with Crippen molar-refractivity contribution < 1.29 is 4.79 Å². The van der Waals surface area contributed by atoms with Gasteiger partial charge in [-0.25, -0.2) is 0 Å². The molecule has 2 rings (SSSR count). The molecule has 0 heterocycles. The van der Waals surface area contributed by atoms with Crippen LogP contribution in [-0.2, 0) is 17.8 Å². The first-order chi connectivity index (χ1) is 9.60. The van der Waals surface area contributed by atoms with Gasteiger partial charge in [-0.1, -0.05) is 40.2 Å². The molecule has 0 unspecified atom stereocenters. The molecular weight excluding hydrogens is 384 g/mol. The van der Waals surface area contributed by atoms with Crippen molar-refractivity contribution in [2.24, 2.45) is 5.73 Å². The fraction of sp³-hybridized carbons (Fsp3) is 0.133. The average Bonchev–Trinajstić information content (AvgIpc) is 2.43. The zero-order valence-corrected chi connectivity index (χ0v) is 13.9. The summed E-state index contributed by atoms with van der Waals surface area (Å²) >= 11 is 6.80. The van der Waals surface area contributed by atoms with Crippen LogP contribution in [0.25, 0.3) is 0 Å².